The van der Waals surface area contributed by atoms with Gasteiger partial charge in [-0.05, 0) is 35.4 Å². The van der Waals surface area contributed by atoms with Gasteiger partial charge in [0.15, 0.2) is 6.23 Å². The highest BCUT2D eigenvalue weighted by atomic mass is 32.2. The third-order valence-electron chi connectivity index (χ3n) is 8.27. The average molecular weight is 807 g/mol. The molecule has 2 saturated heterocycles. The summed E-state index contributed by atoms with van der Waals surface area (Å²) in [6, 6.07) is 20.7. The van der Waals surface area contributed by atoms with Crippen LogP contribution in [0.1, 0.15) is 32.0 Å². The van der Waals surface area contributed by atoms with Gasteiger partial charge in [-0.3, -0.25) is 38.6 Å². The van der Waals surface area contributed by atoms with E-state index in [9.17, 15) is 29.1 Å². The van der Waals surface area contributed by atoms with Gasteiger partial charge in [0.25, 0.3) is 29.2 Å². The van der Waals surface area contributed by atoms with Crippen molar-refractivity contribution in [2.24, 2.45) is 0 Å². The van der Waals surface area contributed by atoms with Crippen LogP contribution in [0.2, 0.25) is 0 Å². The van der Waals surface area contributed by atoms with Crippen LogP contribution in [0.3, 0.4) is 0 Å². The first-order chi connectivity index (χ1) is 26.1. The zero-order valence-corrected chi connectivity index (χ0v) is 31.8. The number of thioether (sulfide) groups is 2. The standard InChI is InChI=1S/C36H34N6O8S4/c43-29(27-13-11-25(31(45)39-17-19-53-35(39)51)33(47)41(27)49-21-23-7-3-1-4-8-23)37-15-16-38-30(44)28-14-12-26(32(46)40-18-20-54-36(40)52)34(48)42(28)50-22-24-9-5-2-6-10-24/h1-14,33,47H,15-22H2,(H,37,43)(H,38,44). The van der Waals surface area contributed by atoms with Gasteiger partial charge in [-0.25, -0.2) is 5.06 Å². The summed E-state index contributed by atoms with van der Waals surface area (Å²) in [4.78, 5) is 81.3. The normalized spacial score (nSPS) is 16.9. The van der Waals surface area contributed by atoms with Crippen molar-refractivity contribution in [3.05, 3.63) is 129 Å². The topological polar surface area (TPSA) is 163 Å². The maximum atomic E-state index is 13.6. The molecule has 4 heterocycles. The zero-order valence-electron chi connectivity index (χ0n) is 28.5. The fourth-order valence-electron chi connectivity index (χ4n) is 5.48. The molecule has 3 N–H and O–H groups in total. The molecular formula is C36H34N6O8S4. The van der Waals surface area contributed by atoms with Crippen molar-refractivity contribution >= 4 is 80.2 Å². The predicted octanol–water partition coefficient (Wildman–Crippen LogP) is 2.23. The molecule has 1 aromatic heterocycles. The second-order valence-electron chi connectivity index (χ2n) is 11.8. The number of thiocarbonyl (C=S) groups is 2. The van der Waals surface area contributed by atoms with E-state index in [1.165, 1.54) is 57.6 Å². The number of rotatable bonds is 13. The second-order valence-corrected chi connectivity index (χ2v) is 15.2. The van der Waals surface area contributed by atoms with E-state index in [0.717, 1.165) is 20.9 Å². The highest BCUT2D eigenvalue weighted by molar-refractivity contribution is 8.23. The number of hydrogen-bond acceptors (Lipinski definition) is 13. The van der Waals surface area contributed by atoms with Crippen molar-refractivity contribution in [1.29, 1.82) is 0 Å². The molecule has 4 amide bonds. The predicted molar refractivity (Wildman–Crippen MR) is 211 cm³/mol. The Labute approximate surface area is 329 Å². The lowest BCUT2D eigenvalue weighted by Gasteiger charge is -2.34. The molecule has 2 aromatic carbocycles. The number of hydroxylamine groups is 2. The molecule has 0 aliphatic carbocycles. The van der Waals surface area contributed by atoms with Crippen LogP contribution in [-0.4, -0.2) is 101 Å². The van der Waals surface area contributed by atoms with E-state index < -0.39 is 35.4 Å². The lowest BCUT2D eigenvalue weighted by molar-refractivity contribution is -0.214. The molecule has 3 aliphatic rings. The fraction of sp³-hybridized carbons (Fsp3) is 0.250. The first-order valence-corrected chi connectivity index (χ1v) is 19.5. The molecular weight excluding hydrogens is 773 g/mol. The molecule has 0 radical (unpaired) electrons. The van der Waals surface area contributed by atoms with Crippen LogP contribution >= 0.6 is 48.0 Å². The Balaban J connectivity index is 1.14. The molecule has 0 bridgehead atoms. The van der Waals surface area contributed by atoms with Crippen LogP contribution in [0.25, 0.3) is 0 Å². The van der Waals surface area contributed by atoms with Gasteiger partial charge >= 0.3 is 0 Å². The van der Waals surface area contributed by atoms with E-state index in [2.05, 4.69) is 10.6 Å². The van der Waals surface area contributed by atoms with Gasteiger partial charge in [-0.1, -0.05) is 109 Å². The van der Waals surface area contributed by atoms with Crippen molar-refractivity contribution in [1.82, 2.24) is 30.2 Å². The minimum atomic E-state index is -1.62. The van der Waals surface area contributed by atoms with Gasteiger partial charge < -0.3 is 20.6 Å². The minimum absolute atomic E-state index is 0.0138. The van der Waals surface area contributed by atoms with Crippen molar-refractivity contribution in [2.45, 2.75) is 19.4 Å². The number of aliphatic hydroxyl groups is 1. The molecule has 280 valence electrons. The summed E-state index contributed by atoms with van der Waals surface area (Å²) in [6.07, 6.45) is 1.10. The molecule has 1 atom stereocenters. The van der Waals surface area contributed by atoms with Crippen LogP contribution in [-0.2, 0) is 27.6 Å². The molecule has 2 fully saturated rings. The lowest BCUT2D eigenvalue weighted by atomic mass is 10.1. The summed E-state index contributed by atoms with van der Waals surface area (Å²) in [6.45, 7) is 0.512. The molecule has 1 unspecified atom stereocenters. The summed E-state index contributed by atoms with van der Waals surface area (Å²) >= 11 is 13.3. The van der Waals surface area contributed by atoms with Gasteiger partial charge in [-0.2, -0.15) is 0 Å². The highest BCUT2D eigenvalue weighted by Gasteiger charge is 2.37. The highest BCUT2D eigenvalue weighted by Crippen LogP contribution is 2.27. The monoisotopic (exact) mass is 806 g/mol. The molecule has 18 heteroatoms. The molecule has 6 rings (SSSR count). The van der Waals surface area contributed by atoms with Crippen LogP contribution in [0.5, 0.6) is 0 Å². The number of nitrogens with one attached hydrogen (secondary N) is 2. The SMILES string of the molecule is O=C(NCCNC(=O)c1ccc(C(=O)N2CCSC2=S)c(=O)n1OCc1ccccc1)C1=CC=C(C(=O)N2CCSC2=S)C(O)N1OCc1ccccc1. The Morgan fingerprint density at radius 2 is 1.30 bits per heavy atom. The summed E-state index contributed by atoms with van der Waals surface area (Å²) in [7, 11) is 0. The molecule has 0 saturated carbocycles. The Kier molecular flexibility index (Phi) is 12.9. The molecule has 14 nitrogen and oxygen atoms in total. The van der Waals surface area contributed by atoms with E-state index in [4.69, 9.17) is 34.1 Å². The van der Waals surface area contributed by atoms with Crippen molar-refractivity contribution in [3.63, 3.8) is 0 Å². The van der Waals surface area contributed by atoms with Gasteiger partial charge in [-0.15, -0.1) is 4.73 Å². The maximum absolute atomic E-state index is 13.6. The number of amides is 4. The van der Waals surface area contributed by atoms with Gasteiger partial charge in [0.2, 0.25) is 0 Å². The van der Waals surface area contributed by atoms with E-state index in [1.54, 1.807) is 24.3 Å². The van der Waals surface area contributed by atoms with Crippen molar-refractivity contribution < 1.29 is 34.0 Å². The van der Waals surface area contributed by atoms with Crippen LogP contribution in [0.15, 0.2) is 101 Å². The summed E-state index contributed by atoms with van der Waals surface area (Å²) < 4.78 is 1.55. The van der Waals surface area contributed by atoms with E-state index >= 15 is 0 Å². The maximum Gasteiger partial charge on any atom is 0.296 e. The van der Waals surface area contributed by atoms with E-state index in [-0.39, 0.29) is 48.8 Å². The number of pyridine rings is 1. The fourth-order valence-corrected chi connectivity index (χ4v) is 7.89. The second kappa shape index (κ2) is 18.0. The van der Waals surface area contributed by atoms with E-state index in [0.29, 0.717) is 33.2 Å². The number of hydrogen-bond donors (Lipinski definition) is 3. The van der Waals surface area contributed by atoms with Gasteiger partial charge in [0, 0.05) is 37.7 Å². The Morgan fingerprint density at radius 3 is 1.87 bits per heavy atom. The Morgan fingerprint density at radius 1 is 0.741 bits per heavy atom. The number of allylic oxidation sites excluding steroid dienone is 2. The third kappa shape index (κ3) is 8.91. The number of nitrogens with zero attached hydrogens (tertiary/aromatic N) is 4. The summed E-state index contributed by atoms with van der Waals surface area (Å²) in [5, 5.41) is 17.6. The van der Waals surface area contributed by atoms with Crippen molar-refractivity contribution in [3.8, 4) is 0 Å². The number of aliphatic hydroxyl groups excluding tert-OH is 1. The first-order valence-electron chi connectivity index (χ1n) is 16.7. The molecule has 54 heavy (non-hydrogen) atoms. The minimum Gasteiger partial charge on any atom is -0.405 e. The third-order valence-corrected chi connectivity index (χ3v) is 11.1. The number of benzene rings is 2. The number of aromatic nitrogens is 1. The summed E-state index contributed by atoms with van der Waals surface area (Å²) in [5.41, 5.74) is 0.167. The molecule has 0 spiro atoms. The molecule has 3 aliphatic heterocycles. The quantitative estimate of drug-likeness (QED) is 0.171. The van der Waals surface area contributed by atoms with Crippen molar-refractivity contribution in [2.75, 3.05) is 37.7 Å². The Bertz CT molecular complexity index is 2080. The first kappa shape index (κ1) is 38.9. The van der Waals surface area contributed by atoms with Crippen LogP contribution < -0.4 is 21.0 Å². The lowest BCUT2D eigenvalue weighted by Crippen LogP contribution is -2.48. The number of carbonyl (C=O) groups is 4. The largest absolute Gasteiger partial charge is 0.405 e. The van der Waals surface area contributed by atoms with Crippen LogP contribution in [0, 0.1) is 0 Å². The smallest absolute Gasteiger partial charge is 0.296 e. The summed E-state index contributed by atoms with van der Waals surface area (Å²) in [5.74, 6) is -1.19. The van der Waals surface area contributed by atoms with Crippen LogP contribution in [0.4, 0.5) is 0 Å². The van der Waals surface area contributed by atoms with Gasteiger partial charge in [0.05, 0.1) is 5.57 Å². The Hall–Kier alpha value is -4.85. The number of carbonyl (C=O) groups excluding carboxylic acids is 4. The zero-order chi connectivity index (χ0) is 38.2. The van der Waals surface area contributed by atoms with Gasteiger partial charge in [0.1, 0.15) is 38.8 Å². The average Bonchev–Trinajstić information content (AvgIpc) is 3.82. The van der Waals surface area contributed by atoms with E-state index in [1.807, 2.05) is 36.4 Å². The molecule has 3 aromatic rings.